The summed E-state index contributed by atoms with van der Waals surface area (Å²) < 4.78 is 0. The molecule has 0 amide bonds. The molecule has 0 aliphatic heterocycles. The lowest BCUT2D eigenvalue weighted by Gasteiger charge is -2.14. The maximum Gasteiger partial charge on any atom is 0.308 e. The lowest BCUT2D eigenvalue weighted by atomic mass is 10.0. The van der Waals surface area contributed by atoms with Crippen molar-refractivity contribution < 1.29 is 9.90 Å². The van der Waals surface area contributed by atoms with Crippen molar-refractivity contribution in [2.45, 2.75) is 19.8 Å². The van der Waals surface area contributed by atoms with Crippen molar-refractivity contribution >= 4 is 17.7 Å². The van der Waals surface area contributed by atoms with Crippen molar-refractivity contribution in [2.24, 2.45) is 5.92 Å². The van der Waals surface area contributed by atoms with E-state index in [0.717, 1.165) is 6.42 Å². The Kier molecular flexibility index (Phi) is 5.35. The smallest absolute Gasteiger partial charge is 0.308 e. The first kappa shape index (κ1) is 14.2. The maximum atomic E-state index is 11.0. The number of nitrogens with one attached hydrogen (secondary N) is 1. The Hall–Kier alpha value is -1.85. The molecule has 0 saturated heterocycles. The fourth-order valence-corrected chi connectivity index (χ4v) is 1.55. The summed E-state index contributed by atoms with van der Waals surface area (Å²) in [6.07, 6.45) is 3.17. The van der Waals surface area contributed by atoms with E-state index < -0.39 is 5.97 Å². The second-order valence-corrected chi connectivity index (χ2v) is 4.34. The summed E-state index contributed by atoms with van der Waals surface area (Å²) in [5, 5.41) is 12.1. The Balaban J connectivity index is 2.61. The molecule has 1 heterocycles. The van der Waals surface area contributed by atoms with Gasteiger partial charge in [-0.25, -0.2) is 4.98 Å². The molecule has 6 heteroatoms. The minimum Gasteiger partial charge on any atom is -0.481 e. The highest BCUT2D eigenvalue weighted by atomic mass is 16.4. The fraction of sp³-hybridized carbons (Fsp3) is 0.583. The predicted molar refractivity (Wildman–Crippen MR) is 70.9 cm³/mol. The molecule has 1 aromatic rings. The summed E-state index contributed by atoms with van der Waals surface area (Å²) in [5.74, 6) is 0.0948. The fourth-order valence-electron chi connectivity index (χ4n) is 1.55. The number of nitrogens with zero attached hydrogens (tertiary/aromatic N) is 3. The predicted octanol–water partition coefficient (Wildman–Crippen LogP) is 1.46. The second kappa shape index (κ2) is 6.78. The molecule has 6 nitrogen and oxygen atoms in total. The minimum absolute atomic E-state index is 0.382. The molecule has 0 spiro atoms. The minimum atomic E-state index is -0.772. The summed E-state index contributed by atoms with van der Waals surface area (Å²) >= 11 is 0. The number of hydrogen-bond acceptors (Lipinski definition) is 5. The van der Waals surface area contributed by atoms with E-state index in [4.69, 9.17) is 5.11 Å². The standard InChI is InChI=1S/C12H20N4O2/c1-4-5-9(11(17)18)8-14-10-6-7-13-12(15-10)16(2)3/h6-7,9H,4-5,8H2,1-3H3,(H,17,18)(H,13,14,15). The Morgan fingerprint density at radius 2 is 2.28 bits per heavy atom. The lowest BCUT2D eigenvalue weighted by Crippen LogP contribution is -2.23. The van der Waals surface area contributed by atoms with E-state index in [1.807, 2.05) is 21.0 Å². The van der Waals surface area contributed by atoms with Crippen LogP contribution in [0.2, 0.25) is 0 Å². The Morgan fingerprint density at radius 1 is 1.56 bits per heavy atom. The van der Waals surface area contributed by atoms with Crippen molar-refractivity contribution in [3.05, 3.63) is 12.3 Å². The van der Waals surface area contributed by atoms with E-state index >= 15 is 0 Å². The summed E-state index contributed by atoms with van der Waals surface area (Å²) in [4.78, 5) is 21.2. The van der Waals surface area contributed by atoms with Gasteiger partial charge in [0.15, 0.2) is 0 Å². The van der Waals surface area contributed by atoms with Crippen molar-refractivity contribution in [1.29, 1.82) is 0 Å². The highest BCUT2D eigenvalue weighted by molar-refractivity contribution is 5.70. The molecular weight excluding hydrogens is 232 g/mol. The summed E-state index contributed by atoms with van der Waals surface area (Å²) in [7, 11) is 3.71. The molecule has 0 radical (unpaired) electrons. The van der Waals surface area contributed by atoms with Crippen LogP contribution < -0.4 is 10.2 Å². The van der Waals surface area contributed by atoms with Crippen LogP contribution in [-0.2, 0) is 4.79 Å². The number of carboxylic acids is 1. The van der Waals surface area contributed by atoms with Gasteiger partial charge < -0.3 is 15.3 Å². The first-order chi connectivity index (χ1) is 8.54. The molecular formula is C12H20N4O2. The van der Waals surface area contributed by atoms with E-state index in [9.17, 15) is 4.79 Å². The van der Waals surface area contributed by atoms with E-state index in [-0.39, 0.29) is 5.92 Å². The molecule has 100 valence electrons. The van der Waals surface area contributed by atoms with Gasteiger partial charge in [0.1, 0.15) is 5.82 Å². The van der Waals surface area contributed by atoms with Gasteiger partial charge in [0.05, 0.1) is 5.92 Å². The van der Waals surface area contributed by atoms with Crippen LogP contribution >= 0.6 is 0 Å². The van der Waals surface area contributed by atoms with Crippen molar-refractivity contribution in [1.82, 2.24) is 9.97 Å². The number of anilines is 2. The number of carbonyl (C=O) groups is 1. The van der Waals surface area contributed by atoms with Crippen LogP contribution in [0.25, 0.3) is 0 Å². The number of rotatable bonds is 7. The topological polar surface area (TPSA) is 78.4 Å². The van der Waals surface area contributed by atoms with E-state index in [1.165, 1.54) is 0 Å². The van der Waals surface area contributed by atoms with Crippen LogP contribution in [0.1, 0.15) is 19.8 Å². The molecule has 18 heavy (non-hydrogen) atoms. The quantitative estimate of drug-likeness (QED) is 0.765. The zero-order chi connectivity index (χ0) is 13.5. The number of hydrogen-bond donors (Lipinski definition) is 2. The van der Waals surface area contributed by atoms with Gasteiger partial charge in [-0.3, -0.25) is 4.79 Å². The normalized spacial score (nSPS) is 11.9. The van der Waals surface area contributed by atoms with Gasteiger partial charge in [-0.2, -0.15) is 4.98 Å². The largest absolute Gasteiger partial charge is 0.481 e. The molecule has 2 N–H and O–H groups in total. The van der Waals surface area contributed by atoms with E-state index in [0.29, 0.717) is 24.7 Å². The molecule has 0 aliphatic carbocycles. The SMILES string of the molecule is CCCC(CNc1ccnc(N(C)C)n1)C(=O)O. The van der Waals surface area contributed by atoms with Crippen LogP contribution in [0.4, 0.5) is 11.8 Å². The van der Waals surface area contributed by atoms with Crippen LogP contribution in [0.5, 0.6) is 0 Å². The third kappa shape index (κ3) is 4.20. The first-order valence-electron chi connectivity index (χ1n) is 6.01. The zero-order valence-electron chi connectivity index (χ0n) is 11.1. The Morgan fingerprint density at radius 3 is 2.83 bits per heavy atom. The van der Waals surface area contributed by atoms with Gasteiger partial charge in [-0.05, 0) is 12.5 Å². The Labute approximate surface area is 107 Å². The van der Waals surface area contributed by atoms with Crippen molar-refractivity contribution in [3.63, 3.8) is 0 Å². The molecule has 0 aromatic carbocycles. The third-order valence-electron chi connectivity index (χ3n) is 2.56. The average molecular weight is 252 g/mol. The summed E-state index contributed by atoms with van der Waals surface area (Å²) in [6.45, 7) is 2.36. The number of carboxylic acid groups (broad SMARTS) is 1. The third-order valence-corrected chi connectivity index (χ3v) is 2.56. The maximum absolute atomic E-state index is 11.0. The first-order valence-corrected chi connectivity index (χ1v) is 6.01. The zero-order valence-corrected chi connectivity index (χ0v) is 11.1. The molecule has 0 bridgehead atoms. The number of aromatic nitrogens is 2. The Bertz CT molecular complexity index is 395. The van der Waals surface area contributed by atoms with E-state index in [1.54, 1.807) is 17.2 Å². The van der Waals surface area contributed by atoms with E-state index in [2.05, 4.69) is 15.3 Å². The van der Waals surface area contributed by atoms with Crippen LogP contribution in [0, 0.1) is 5.92 Å². The van der Waals surface area contributed by atoms with Crippen LogP contribution in [-0.4, -0.2) is 41.7 Å². The van der Waals surface area contributed by atoms with Gasteiger partial charge in [0.25, 0.3) is 0 Å². The number of aliphatic carboxylic acids is 1. The molecule has 1 atom stereocenters. The molecule has 1 unspecified atom stereocenters. The van der Waals surface area contributed by atoms with Gasteiger partial charge >= 0.3 is 5.97 Å². The molecule has 0 saturated carbocycles. The average Bonchev–Trinajstić information content (AvgIpc) is 2.34. The van der Waals surface area contributed by atoms with Crippen LogP contribution in [0.3, 0.4) is 0 Å². The molecule has 0 fully saturated rings. The van der Waals surface area contributed by atoms with Crippen molar-refractivity contribution in [2.75, 3.05) is 30.9 Å². The van der Waals surface area contributed by atoms with Crippen molar-refractivity contribution in [3.8, 4) is 0 Å². The molecule has 1 rings (SSSR count). The van der Waals surface area contributed by atoms with Gasteiger partial charge in [0.2, 0.25) is 5.95 Å². The summed E-state index contributed by atoms with van der Waals surface area (Å²) in [6, 6.07) is 1.73. The lowest BCUT2D eigenvalue weighted by molar-refractivity contribution is -0.141. The monoisotopic (exact) mass is 252 g/mol. The summed E-state index contributed by atoms with van der Waals surface area (Å²) in [5.41, 5.74) is 0. The molecule has 0 aliphatic rings. The highest BCUT2D eigenvalue weighted by Gasteiger charge is 2.16. The van der Waals surface area contributed by atoms with Gasteiger partial charge in [-0.15, -0.1) is 0 Å². The van der Waals surface area contributed by atoms with Gasteiger partial charge in [0, 0.05) is 26.8 Å². The second-order valence-electron chi connectivity index (χ2n) is 4.34. The molecule has 1 aromatic heterocycles. The highest BCUT2D eigenvalue weighted by Crippen LogP contribution is 2.11. The van der Waals surface area contributed by atoms with Gasteiger partial charge in [-0.1, -0.05) is 13.3 Å². The van der Waals surface area contributed by atoms with Crippen LogP contribution in [0.15, 0.2) is 12.3 Å².